The van der Waals surface area contributed by atoms with E-state index in [0.29, 0.717) is 0 Å². The van der Waals surface area contributed by atoms with Crippen molar-refractivity contribution in [3.05, 3.63) is 18.0 Å². The lowest BCUT2D eigenvalue weighted by Gasteiger charge is -1.88. The van der Waals surface area contributed by atoms with E-state index < -0.39 is 0 Å². The lowest BCUT2D eigenvalue weighted by Crippen LogP contribution is -1.91. The van der Waals surface area contributed by atoms with Gasteiger partial charge in [-0.3, -0.25) is 0 Å². The molecule has 0 bridgehead atoms. The van der Waals surface area contributed by atoms with E-state index in [4.69, 9.17) is 0 Å². The Morgan fingerprint density at radius 1 is 1.12 bits per heavy atom. The van der Waals surface area contributed by atoms with Crippen molar-refractivity contribution >= 4 is 0 Å². The molecule has 8 heavy (non-hydrogen) atoms. The van der Waals surface area contributed by atoms with Crippen molar-refractivity contribution in [2.75, 3.05) is 0 Å². The molecule has 0 fully saturated rings. The molecule has 0 aliphatic heterocycles. The van der Waals surface area contributed by atoms with Crippen molar-refractivity contribution in [1.82, 2.24) is 15.0 Å². The molecule has 0 saturated carbocycles. The van der Waals surface area contributed by atoms with Crippen molar-refractivity contribution < 1.29 is 0 Å². The molecule has 0 atom stereocenters. The fraction of sp³-hybridized carbons (Fsp3) is 0.400. The molecule has 0 aliphatic carbocycles. The molecule has 1 rings (SSSR count). The second-order valence-electron chi connectivity index (χ2n) is 1.58. The highest BCUT2D eigenvalue weighted by molar-refractivity contribution is 4.83. The smallest absolute Gasteiger partial charge is 0.129 e. The van der Waals surface area contributed by atoms with Crippen LogP contribution < -0.4 is 0 Å². The molecule has 3 nitrogen and oxygen atoms in total. The predicted octanol–water partition coefficient (Wildman–Crippen LogP) is 0.488. The number of nitrogens with zero attached hydrogens (tertiary/aromatic N) is 3. The monoisotopic (exact) mass is 109 g/mol. The summed E-state index contributed by atoms with van der Waals surface area (Å²) in [7, 11) is 0. The molecular weight excluding hydrogens is 102 g/mol. The zero-order valence-electron chi connectivity index (χ0n) is 4.92. The Hall–Kier alpha value is -0.990. The Morgan fingerprint density at radius 3 is 1.88 bits per heavy atom. The van der Waals surface area contributed by atoms with Gasteiger partial charge in [0.2, 0.25) is 0 Å². The highest BCUT2D eigenvalue weighted by Crippen LogP contribution is 1.83. The van der Waals surface area contributed by atoms with E-state index in [0.717, 1.165) is 11.6 Å². The first kappa shape index (κ1) is 5.15. The van der Waals surface area contributed by atoms with E-state index in [2.05, 4.69) is 15.0 Å². The number of aromatic nitrogens is 3. The van der Waals surface area contributed by atoms with Gasteiger partial charge in [0.05, 0.1) is 0 Å². The highest BCUT2D eigenvalue weighted by Gasteiger charge is 1.84. The van der Waals surface area contributed by atoms with Gasteiger partial charge in [-0.05, 0) is 13.8 Å². The SMILES string of the molecule is Cc1ncnc(C)n1. The maximum atomic E-state index is 3.95. The normalized spacial score (nSPS) is 9.25. The minimum atomic E-state index is 0.775. The summed E-state index contributed by atoms with van der Waals surface area (Å²) >= 11 is 0. The lowest BCUT2D eigenvalue weighted by molar-refractivity contribution is 0.920. The van der Waals surface area contributed by atoms with Crippen LogP contribution in [0.5, 0.6) is 0 Å². The fourth-order valence-electron chi connectivity index (χ4n) is 0.488. The Balaban J connectivity index is 3.08. The highest BCUT2D eigenvalue weighted by atomic mass is 15.0. The van der Waals surface area contributed by atoms with E-state index >= 15 is 0 Å². The number of hydrogen-bond donors (Lipinski definition) is 0. The molecule has 1 heterocycles. The molecule has 0 amide bonds. The number of aryl methyl sites for hydroxylation is 2. The topological polar surface area (TPSA) is 38.7 Å². The molecule has 3 heteroatoms. The van der Waals surface area contributed by atoms with E-state index in [-0.39, 0.29) is 0 Å². The maximum absolute atomic E-state index is 3.95. The van der Waals surface area contributed by atoms with Crippen molar-refractivity contribution in [2.45, 2.75) is 13.8 Å². The molecule has 0 radical (unpaired) electrons. The molecule has 0 spiro atoms. The van der Waals surface area contributed by atoms with E-state index in [1.807, 2.05) is 13.8 Å². The van der Waals surface area contributed by atoms with Crippen LogP contribution in [0.2, 0.25) is 0 Å². The van der Waals surface area contributed by atoms with Gasteiger partial charge in [-0.15, -0.1) is 0 Å². The predicted molar refractivity (Wildman–Crippen MR) is 29.3 cm³/mol. The van der Waals surface area contributed by atoms with Gasteiger partial charge in [-0.25, -0.2) is 15.0 Å². The summed E-state index contributed by atoms with van der Waals surface area (Å²) in [6.07, 6.45) is 1.51. The van der Waals surface area contributed by atoms with Crippen LogP contribution in [0.4, 0.5) is 0 Å². The lowest BCUT2D eigenvalue weighted by atomic mass is 10.6. The first-order chi connectivity index (χ1) is 3.79. The van der Waals surface area contributed by atoms with Crippen LogP contribution in [-0.4, -0.2) is 15.0 Å². The van der Waals surface area contributed by atoms with Crippen LogP contribution in [-0.2, 0) is 0 Å². The van der Waals surface area contributed by atoms with E-state index in [1.165, 1.54) is 6.33 Å². The average Bonchev–Trinajstić information content (AvgIpc) is 1.64. The summed E-state index contributed by atoms with van der Waals surface area (Å²) in [6, 6.07) is 0. The molecule has 1 aromatic rings. The van der Waals surface area contributed by atoms with Gasteiger partial charge in [0.15, 0.2) is 0 Å². The third-order valence-electron chi connectivity index (χ3n) is 0.813. The second-order valence-corrected chi connectivity index (χ2v) is 1.58. The van der Waals surface area contributed by atoms with Crippen molar-refractivity contribution in [3.8, 4) is 0 Å². The summed E-state index contributed by atoms with van der Waals surface area (Å²) in [5, 5.41) is 0. The van der Waals surface area contributed by atoms with Crippen molar-refractivity contribution in [1.29, 1.82) is 0 Å². The van der Waals surface area contributed by atoms with Crippen molar-refractivity contribution in [2.24, 2.45) is 0 Å². The molecule has 0 saturated heterocycles. The number of hydrogen-bond acceptors (Lipinski definition) is 3. The molecule has 0 unspecified atom stereocenters. The Morgan fingerprint density at radius 2 is 1.62 bits per heavy atom. The summed E-state index contributed by atoms with van der Waals surface area (Å²) in [5.41, 5.74) is 0. The third-order valence-corrected chi connectivity index (χ3v) is 0.813. The van der Waals surface area contributed by atoms with Gasteiger partial charge in [-0.2, -0.15) is 0 Å². The van der Waals surface area contributed by atoms with Crippen LogP contribution in [0.15, 0.2) is 6.33 Å². The molecule has 0 N–H and O–H groups in total. The van der Waals surface area contributed by atoms with E-state index in [1.54, 1.807) is 0 Å². The molecule has 1 aromatic heterocycles. The second kappa shape index (κ2) is 1.86. The summed E-state index contributed by atoms with van der Waals surface area (Å²) in [5.74, 6) is 1.55. The van der Waals surface area contributed by atoms with Gasteiger partial charge in [0, 0.05) is 0 Å². The molecular formula is C5H7N3. The number of rotatable bonds is 0. The quantitative estimate of drug-likeness (QED) is 0.486. The van der Waals surface area contributed by atoms with Gasteiger partial charge in [-0.1, -0.05) is 0 Å². The summed E-state index contributed by atoms with van der Waals surface area (Å²) in [4.78, 5) is 11.6. The molecule has 0 aromatic carbocycles. The van der Waals surface area contributed by atoms with Crippen LogP contribution in [0.1, 0.15) is 11.6 Å². The fourth-order valence-corrected chi connectivity index (χ4v) is 0.488. The minimum absolute atomic E-state index is 0.775. The van der Waals surface area contributed by atoms with Gasteiger partial charge in [0.1, 0.15) is 18.0 Å². The van der Waals surface area contributed by atoms with Crippen LogP contribution >= 0.6 is 0 Å². The van der Waals surface area contributed by atoms with Gasteiger partial charge in [0.25, 0.3) is 0 Å². The molecule has 0 aliphatic rings. The Labute approximate surface area is 47.8 Å². The third kappa shape index (κ3) is 0.992. The zero-order valence-corrected chi connectivity index (χ0v) is 4.92. The summed E-state index contributed by atoms with van der Waals surface area (Å²) < 4.78 is 0. The van der Waals surface area contributed by atoms with Crippen LogP contribution in [0.3, 0.4) is 0 Å². The van der Waals surface area contributed by atoms with Crippen molar-refractivity contribution in [3.63, 3.8) is 0 Å². The average molecular weight is 109 g/mol. The van der Waals surface area contributed by atoms with Gasteiger partial charge < -0.3 is 0 Å². The molecule has 42 valence electrons. The van der Waals surface area contributed by atoms with Crippen LogP contribution in [0, 0.1) is 13.8 Å². The first-order valence-electron chi connectivity index (χ1n) is 2.41. The standard InChI is InChI=1S/C5H7N3/c1-4-6-3-7-5(2)8-4/h3H,1-2H3. The first-order valence-corrected chi connectivity index (χ1v) is 2.41. The van der Waals surface area contributed by atoms with E-state index in [9.17, 15) is 0 Å². The Kier molecular flexibility index (Phi) is 1.20. The maximum Gasteiger partial charge on any atom is 0.129 e. The van der Waals surface area contributed by atoms with Crippen LogP contribution in [0.25, 0.3) is 0 Å². The summed E-state index contributed by atoms with van der Waals surface area (Å²) in [6.45, 7) is 3.68. The largest absolute Gasteiger partial charge is 0.222 e. The van der Waals surface area contributed by atoms with Gasteiger partial charge >= 0.3 is 0 Å². The Bertz CT molecular complexity index is 168. The zero-order chi connectivity index (χ0) is 5.98. The minimum Gasteiger partial charge on any atom is -0.222 e.